The standard InChI is InChI=1S/C18H32N2OS2.C10H15NS2/c1-6-9-20(10-7-2)11-13-21-12-8-19-15-14(18(3,4)5)16(22)17(15)23;1-5-11-7-6(10(2,3)4)8(12)9(7)13/h19H,6-13H2,1-5H3;11H,5H2,1-4H3. The molecule has 0 atom stereocenters. The van der Waals surface area contributed by atoms with Crippen LogP contribution in [0.25, 0.3) is 0 Å². The van der Waals surface area contributed by atoms with E-state index in [2.05, 4.69) is 77.8 Å². The van der Waals surface area contributed by atoms with Crippen LogP contribution in [0.5, 0.6) is 0 Å². The van der Waals surface area contributed by atoms with Crippen LogP contribution in [0.3, 0.4) is 0 Å². The molecule has 0 aliphatic carbocycles. The van der Waals surface area contributed by atoms with Gasteiger partial charge in [-0.3, -0.25) is 0 Å². The molecule has 4 nitrogen and oxygen atoms in total. The largest absolute Gasteiger partial charge is 0.384 e. The molecule has 8 heteroatoms. The van der Waals surface area contributed by atoms with Crippen LogP contribution < -0.4 is 10.6 Å². The molecule has 0 saturated carbocycles. The minimum Gasteiger partial charge on any atom is -0.384 e. The Hall–Kier alpha value is -0.640. The summed E-state index contributed by atoms with van der Waals surface area (Å²) in [5.41, 5.74) is 4.71. The van der Waals surface area contributed by atoms with Crippen LogP contribution >= 0.6 is 48.9 Å². The summed E-state index contributed by atoms with van der Waals surface area (Å²) in [5.74, 6) is 0. The summed E-state index contributed by atoms with van der Waals surface area (Å²) >= 11 is 21.1. The fourth-order valence-corrected chi connectivity index (χ4v) is 5.81. The molecule has 36 heavy (non-hydrogen) atoms. The van der Waals surface area contributed by atoms with Gasteiger partial charge in [-0.05, 0) is 43.7 Å². The molecule has 0 aliphatic heterocycles. The summed E-state index contributed by atoms with van der Waals surface area (Å²) in [7, 11) is 0. The zero-order valence-corrected chi connectivity index (χ0v) is 27.1. The van der Waals surface area contributed by atoms with Gasteiger partial charge in [-0.2, -0.15) is 0 Å². The molecule has 2 rings (SSSR count). The number of hydrogen-bond acceptors (Lipinski definition) is 8. The zero-order valence-electron chi connectivity index (χ0n) is 23.9. The summed E-state index contributed by atoms with van der Waals surface area (Å²) in [5, 5.41) is 6.68. The average molecular weight is 570 g/mol. The molecule has 2 aromatic rings. The SMILES string of the molecule is CCCN(CCC)CCOCCNc1c(C(C)(C)C)c(=S)c1=S.CCNc1c(C(C)(C)C)c(=S)c1=S. The quantitative estimate of drug-likeness (QED) is 0.183. The highest BCUT2D eigenvalue weighted by Gasteiger charge is 2.26. The Kier molecular flexibility index (Phi) is 14.0. The van der Waals surface area contributed by atoms with Gasteiger partial charge in [0.15, 0.2) is 0 Å². The summed E-state index contributed by atoms with van der Waals surface area (Å²) < 4.78 is 9.12. The zero-order chi connectivity index (χ0) is 27.7. The van der Waals surface area contributed by atoms with Crippen LogP contribution in [-0.4, -0.2) is 50.8 Å². The van der Waals surface area contributed by atoms with Crippen LogP contribution in [0.15, 0.2) is 0 Å². The van der Waals surface area contributed by atoms with E-state index in [1.165, 1.54) is 24.0 Å². The van der Waals surface area contributed by atoms with Crippen LogP contribution in [-0.2, 0) is 15.6 Å². The number of rotatable bonds is 13. The van der Waals surface area contributed by atoms with Gasteiger partial charge in [-0.1, -0.05) is 104 Å². The molecule has 0 spiro atoms. The smallest absolute Gasteiger partial charge is 0.0796 e. The Labute approximate surface area is 240 Å². The van der Waals surface area contributed by atoms with Crippen molar-refractivity contribution < 1.29 is 4.74 Å². The molecule has 0 aliphatic rings. The second-order valence-corrected chi connectivity index (χ2v) is 12.9. The van der Waals surface area contributed by atoms with E-state index in [1.807, 2.05) is 0 Å². The van der Waals surface area contributed by atoms with Crippen molar-refractivity contribution in [1.82, 2.24) is 4.90 Å². The number of anilines is 2. The Balaban J connectivity index is 0.000000420. The lowest BCUT2D eigenvalue weighted by Gasteiger charge is -2.27. The van der Waals surface area contributed by atoms with Crippen molar-refractivity contribution in [2.75, 3.05) is 56.6 Å². The second-order valence-electron chi connectivity index (χ2n) is 11.2. The predicted octanol–water partition coefficient (Wildman–Crippen LogP) is 8.62. The van der Waals surface area contributed by atoms with Crippen molar-refractivity contribution in [3.05, 3.63) is 29.2 Å². The van der Waals surface area contributed by atoms with Crippen molar-refractivity contribution in [2.24, 2.45) is 0 Å². The monoisotopic (exact) mass is 569 g/mol. The van der Waals surface area contributed by atoms with E-state index in [0.29, 0.717) is 6.61 Å². The molecular formula is C28H47N3OS4. The first kappa shape index (κ1) is 33.4. The highest BCUT2D eigenvalue weighted by molar-refractivity contribution is 7.74. The van der Waals surface area contributed by atoms with Crippen molar-refractivity contribution in [2.45, 2.75) is 86.0 Å². The third kappa shape index (κ3) is 9.28. The van der Waals surface area contributed by atoms with Gasteiger partial charge < -0.3 is 20.3 Å². The highest BCUT2D eigenvalue weighted by Crippen LogP contribution is 2.37. The summed E-state index contributed by atoms with van der Waals surface area (Å²) in [6.07, 6.45) is 2.39. The average Bonchev–Trinajstić information content (AvgIpc) is 2.78. The molecule has 0 unspecified atom stereocenters. The Morgan fingerprint density at radius 2 is 1.08 bits per heavy atom. The van der Waals surface area contributed by atoms with Gasteiger partial charge in [-0.15, -0.1) is 0 Å². The molecule has 0 bridgehead atoms. The first-order valence-electron chi connectivity index (χ1n) is 13.2. The highest BCUT2D eigenvalue weighted by atomic mass is 32.1. The Bertz CT molecular complexity index is 1090. The summed E-state index contributed by atoms with van der Waals surface area (Å²) in [4.78, 5) is 2.47. The van der Waals surface area contributed by atoms with Crippen LogP contribution in [0.2, 0.25) is 0 Å². The topological polar surface area (TPSA) is 36.5 Å². The van der Waals surface area contributed by atoms with Crippen molar-refractivity contribution in [1.29, 1.82) is 0 Å². The van der Waals surface area contributed by atoms with E-state index >= 15 is 0 Å². The van der Waals surface area contributed by atoms with Gasteiger partial charge in [0, 0.05) is 30.8 Å². The lowest BCUT2D eigenvalue weighted by Crippen LogP contribution is -2.29. The molecule has 0 fully saturated rings. The summed E-state index contributed by atoms with van der Waals surface area (Å²) in [6, 6.07) is 0. The molecule has 2 N–H and O–H groups in total. The number of hydrogen-bond donors (Lipinski definition) is 2. The summed E-state index contributed by atoms with van der Waals surface area (Å²) in [6.45, 7) is 26.0. The number of nitrogens with zero attached hydrogens (tertiary/aromatic N) is 1. The molecule has 0 amide bonds. The first-order chi connectivity index (χ1) is 16.7. The number of ether oxygens (including phenoxy) is 1. The predicted molar refractivity (Wildman–Crippen MR) is 169 cm³/mol. The minimum atomic E-state index is 0.0450. The molecule has 0 aromatic heterocycles. The molecule has 2 aromatic carbocycles. The number of nitrogens with one attached hydrogen (secondary N) is 2. The molecule has 0 saturated heterocycles. The van der Waals surface area contributed by atoms with E-state index in [1.54, 1.807) is 0 Å². The fraction of sp³-hybridized carbons (Fsp3) is 0.714. The second kappa shape index (κ2) is 15.1. The van der Waals surface area contributed by atoms with Gasteiger partial charge in [0.1, 0.15) is 0 Å². The maximum atomic E-state index is 5.76. The maximum absolute atomic E-state index is 5.76. The first-order valence-corrected chi connectivity index (χ1v) is 14.8. The molecule has 0 radical (unpaired) electrons. The Morgan fingerprint density at radius 3 is 1.47 bits per heavy atom. The van der Waals surface area contributed by atoms with Crippen molar-refractivity contribution in [3.8, 4) is 0 Å². The maximum Gasteiger partial charge on any atom is 0.0796 e. The Morgan fingerprint density at radius 1 is 0.639 bits per heavy atom. The fourth-order valence-electron chi connectivity index (χ4n) is 4.24. The minimum absolute atomic E-state index is 0.0450. The van der Waals surface area contributed by atoms with Crippen LogP contribution in [0, 0.1) is 18.0 Å². The molecule has 0 heterocycles. The van der Waals surface area contributed by atoms with E-state index in [0.717, 1.165) is 68.7 Å². The van der Waals surface area contributed by atoms with E-state index < -0.39 is 0 Å². The third-order valence-electron chi connectivity index (χ3n) is 5.85. The van der Waals surface area contributed by atoms with Crippen molar-refractivity contribution >= 4 is 60.2 Å². The lowest BCUT2D eigenvalue weighted by molar-refractivity contribution is 0.111. The van der Waals surface area contributed by atoms with Gasteiger partial charge in [0.2, 0.25) is 0 Å². The molecular weight excluding hydrogens is 523 g/mol. The normalized spacial score (nSPS) is 12.2. The van der Waals surface area contributed by atoms with Gasteiger partial charge in [-0.25, -0.2) is 0 Å². The van der Waals surface area contributed by atoms with E-state index in [9.17, 15) is 0 Å². The lowest BCUT2D eigenvalue weighted by atomic mass is 9.83. The molecule has 204 valence electrons. The van der Waals surface area contributed by atoms with Gasteiger partial charge in [0.25, 0.3) is 0 Å². The van der Waals surface area contributed by atoms with E-state index in [4.69, 9.17) is 53.6 Å². The third-order valence-corrected chi connectivity index (χ3v) is 7.75. The van der Waals surface area contributed by atoms with Crippen molar-refractivity contribution in [3.63, 3.8) is 0 Å². The van der Waals surface area contributed by atoms with Gasteiger partial charge in [0.05, 0.1) is 42.6 Å². The van der Waals surface area contributed by atoms with Crippen LogP contribution in [0.4, 0.5) is 11.4 Å². The van der Waals surface area contributed by atoms with Gasteiger partial charge >= 0.3 is 0 Å². The van der Waals surface area contributed by atoms with Crippen LogP contribution in [0.1, 0.15) is 86.3 Å². The van der Waals surface area contributed by atoms with E-state index in [-0.39, 0.29) is 10.8 Å².